The number of nitrogens with zero attached hydrogens (tertiary/aromatic N) is 1. The van der Waals surface area contributed by atoms with E-state index in [1.165, 1.54) is 12.1 Å². The van der Waals surface area contributed by atoms with Crippen LogP contribution in [0, 0.1) is 13.8 Å². The van der Waals surface area contributed by atoms with Crippen molar-refractivity contribution in [3.8, 4) is 5.69 Å². The number of carbonyl (C=O) groups is 2. The molecule has 1 aromatic carbocycles. The average Bonchev–Trinajstić information content (AvgIpc) is 2.64. The normalized spacial score (nSPS) is 10.3. The molecule has 0 aliphatic rings. The van der Waals surface area contributed by atoms with Crippen LogP contribution in [0.5, 0.6) is 0 Å². The van der Waals surface area contributed by atoms with Crippen LogP contribution in [-0.4, -0.2) is 16.8 Å². The highest BCUT2D eigenvalue weighted by atomic mass is 16.4. The van der Waals surface area contributed by atoms with Gasteiger partial charge in [0.1, 0.15) is 0 Å². The summed E-state index contributed by atoms with van der Waals surface area (Å²) in [6, 6.07) is 8.17. The van der Waals surface area contributed by atoms with Crippen LogP contribution in [0.25, 0.3) is 5.69 Å². The summed E-state index contributed by atoms with van der Waals surface area (Å²) in [6.07, 6.45) is 0.814. The molecule has 4 nitrogen and oxygen atoms in total. The predicted octanol–water partition coefficient (Wildman–Crippen LogP) is 1.27. The number of aryl methyl sites for hydroxylation is 1. The molecule has 0 aliphatic heterocycles. The van der Waals surface area contributed by atoms with Crippen molar-refractivity contribution in [3.63, 3.8) is 0 Å². The second kappa shape index (κ2) is 4.49. The molecule has 4 heteroatoms. The molecule has 0 atom stereocenters. The molecule has 18 heavy (non-hydrogen) atoms. The van der Waals surface area contributed by atoms with Crippen LogP contribution in [0.1, 0.15) is 32.1 Å². The topological polar surface area (TPSA) is 62.1 Å². The molecule has 0 fully saturated rings. The van der Waals surface area contributed by atoms with E-state index in [-0.39, 0.29) is 5.56 Å². The van der Waals surface area contributed by atoms with Crippen molar-refractivity contribution in [1.82, 2.24) is 4.57 Å². The highest BCUT2D eigenvalue weighted by Gasteiger charge is 2.09. The van der Waals surface area contributed by atoms with Crippen LogP contribution < -0.4 is 5.11 Å². The molecule has 0 saturated heterocycles. The first-order valence-corrected chi connectivity index (χ1v) is 5.50. The van der Waals surface area contributed by atoms with E-state index in [9.17, 15) is 14.7 Å². The van der Waals surface area contributed by atoms with Gasteiger partial charge >= 0.3 is 0 Å². The average molecular weight is 242 g/mol. The van der Waals surface area contributed by atoms with E-state index in [1.807, 2.05) is 18.4 Å². The van der Waals surface area contributed by atoms with Gasteiger partial charge in [-0.2, -0.15) is 0 Å². The summed E-state index contributed by atoms with van der Waals surface area (Å²) in [7, 11) is 0. The Morgan fingerprint density at radius 2 is 1.83 bits per heavy atom. The third-order valence-corrected chi connectivity index (χ3v) is 2.96. The maximum absolute atomic E-state index is 10.9. The number of aldehydes is 1. The van der Waals surface area contributed by atoms with Crippen molar-refractivity contribution < 1.29 is 14.7 Å². The number of hydrogen-bond acceptors (Lipinski definition) is 3. The van der Waals surface area contributed by atoms with E-state index in [1.54, 1.807) is 18.2 Å². The van der Waals surface area contributed by atoms with Crippen LogP contribution >= 0.6 is 0 Å². The minimum absolute atomic E-state index is 0.136. The third kappa shape index (κ3) is 1.93. The second-order valence-corrected chi connectivity index (χ2v) is 4.11. The molecule has 0 saturated carbocycles. The fourth-order valence-corrected chi connectivity index (χ4v) is 2.05. The molecule has 0 unspecified atom stereocenters. The summed E-state index contributed by atoms with van der Waals surface area (Å²) in [5.74, 6) is -1.20. The van der Waals surface area contributed by atoms with Gasteiger partial charge in [-0.25, -0.2) is 0 Å². The number of rotatable bonds is 3. The van der Waals surface area contributed by atoms with Crippen molar-refractivity contribution >= 4 is 12.3 Å². The lowest BCUT2D eigenvalue weighted by Gasteiger charge is -2.10. The van der Waals surface area contributed by atoms with Crippen molar-refractivity contribution in [3.05, 3.63) is 52.8 Å². The Hall–Kier alpha value is -2.36. The molecule has 0 bridgehead atoms. The largest absolute Gasteiger partial charge is 0.545 e. The minimum Gasteiger partial charge on any atom is -0.545 e. The molecule has 0 radical (unpaired) electrons. The summed E-state index contributed by atoms with van der Waals surface area (Å²) in [4.78, 5) is 21.5. The lowest BCUT2D eigenvalue weighted by molar-refractivity contribution is -0.255. The van der Waals surface area contributed by atoms with E-state index in [0.29, 0.717) is 5.56 Å². The number of aromatic carboxylic acids is 1. The Morgan fingerprint density at radius 3 is 2.28 bits per heavy atom. The van der Waals surface area contributed by atoms with E-state index in [2.05, 4.69) is 0 Å². The Bertz CT molecular complexity index is 609. The fourth-order valence-electron chi connectivity index (χ4n) is 2.05. The maximum Gasteiger partial charge on any atom is 0.151 e. The standard InChI is InChI=1S/C14H13NO3/c1-9-7-12(8-16)10(2)15(9)13-5-3-11(4-6-13)14(17)18/h3-8H,1-2H3,(H,17,18)/p-1. The summed E-state index contributed by atoms with van der Waals surface area (Å²) < 4.78 is 1.91. The van der Waals surface area contributed by atoms with Gasteiger partial charge in [0.05, 0.1) is 5.97 Å². The zero-order chi connectivity index (χ0) is 13.3. The molecule has 1 aromatic heterocycles. The Kier molecular flexibility index (Phi) is 3.02. The SMILES string of the molecule is Cc1cc(C=O)c(C)n1-c1ccc(C(=O)[O-])cc1. The lowest BCUT2D eigenvalue weighted by Crippen LogP contribution is -2.22. The monoisotopic (exact) mass is 242 g/mol. The first-order chi connectivity index (χ1) is 8.54. The maximum atomic E-state index is 10.9. The zero-order valence-electron chi connectivity index (χ0n) is 10.1. The molecular weight excluding hydrogens is 230 g/mol. The van der Waals surface area contributed by atoms with Gasteiger partial charge in [0.2, 0.25) is 0 Å². The van der Waals surface area contributed by atoms with E-state index >= 15 is 0 Å². The number of carbonyl (C=O) groups excluding carboxylic acids is 2. The van der Waals surface area contributed by atoms with E-state index < -0.39 is 5.97 Å². The summed E-state index contributed by atoms with van der Waals surface area (Å²) in [5, 5.41) is 10.7. The number of benzene rings is 1. The van der Waals surface area contributed by atoms with Crippen LogP contribution in [0.4, 0.5) is 0 Å². The number of carboxylic acids is 1. The fraction of sp³-hybridized carbons (Fsp3) is 0.143. The van der Waals surface area contributed by atoms with Crippen LogP contribution in [0.2, 0.25) is 0 Å². The van der Waals surface area contributed by atoms with Gasteiger partial charge in [-0.1, -0.05) is 12.1 Å². The molecule has 0 N–H and O–H groups in total. The Labute approximate surface area is 104 Å². The molecule has 2 aromatic rings. The van der Waals surface area contributed by atoms with Gasteiger partial charge in [0, 0.05) is 22.6 Å². The third-order valence-electron chi connectivity index (χ3n) is 2.96. The van der Waals surface area contributed by atoms with Gasteiger partial charge in [0.15, 0.2) is 6.29 Å². The van der Waals surface area contributed by atoms with Crippen molar-refractivity contribution in [2.24, 2.45) is 0 Å². The van der Waals surface area contributed by atoms with Crippen molar-refractivity contribution in [2.75, 3.05) is 0 Å². The molecule has 2 rings (SSSR count). The summed E-state index contributed by atoms with van der Waals surface area (Å²) >= 11 is 0. The van der Waals surface area contributed by atoms with Gasteiger partial charge in [0.25, 0.3) is 0 Å². The quantitative estimate of drug-likeness (QED) is 0.761. The molecule has 0 amide bonds. The van der Waals surface area contributed by atoms with Gasteiger partial charge in [-0.3, -0.25) is 4.79 Å². The summed E-state index contributed by atoms with van der Waals surface area (Å²) in [5.41, 5.74) is 3.36. The molecule has 92 valence electrons. The molecular formula is C14H12NO3-. The first kappa shape index (κ1) is 12.1. The molecule has 1 heterocycles. The van der Waals surface area contributed by atoms with E-state index in [4.69, 9.17) is 0 Å². The Balaban J connectivity index is 2.52. The van der Waals surface area contributed by atoms with Crippen LogP contribution in [-0.2, 0) is 0 Å². The molecule has 0 aliphatic carbocycles. The predicted molar refractivity (Wildman–Crippen MR) is 65.0 cm³/mol. The number of carboxylic acid groups (broad SMARTS) is 1. The van der Waals surface area contributed by atoms with Crippen LogP contribution in [0.15, 0.2) is 30.3 Å². The number of hydrogen-bond donors (Lipinski definition) is 0. The van der Waals surface area contributed by atoms with Crippen LogP contribution in [0.3, 0.4) is 0 Å². The van der Waals surface area contributed by atoms with E-state index in [0.717, 1.165) is 23.4 Å². The Morgan fingerprint density at radius 1 is 1.22 bits per heavy atom. The second-order valence-electron chi connectivity index (χ2n) is 4.11. The van der Waals surface area contributed by atoms with Gasteiger partial charge in [-0.15, -0.1) is 0 Å². The smallest absolute Gasteiger partial charge is 0.151 e. The van der Waals surface area contributed by atoms with Crippen molar-refractivity contribution in [2.45, 2.75) is 13.8 Å². The first-order valence-electron chi connectivity index (χ1n) is 5.50. The molecule has 0 spiro atoms. The lowest BCUT2D eigenvalue weighted by atomic mass is 10.2. The highest BCUT2D eigenvalue weighted by Crippen LogP contribution is 2.19. The van der Waals surface area contributed by atoms with Gasteiger partial charge < -0.3 is 14.5 Å². The zero-order valence-corrected chi connectivity index (χ0v) is 10.1. The highest BCUT2D eigenvalue weighted by molar-refractivity contribution is 5.86. The van der Waals surface area contributed by atoms with Gasteiger partial charge in [-0.05, 0) is 37.6 Å². The summed E-state index contributed by atoms with van der Waals surface area (Å²) in [6.45, 7) is 3.75. The minimum atomic E-state index is -1.20. The number of aromatic nitrogens is 1. The van der Waals surface area contributed by atoms with Crippen molar-refractivity contribution in [1.29, 1.82) is 0 Å².